The number of anilines is 1. The van der Waals surface area contributed by atoms with Gasteiger partial charge in [-0.25, -0.2) is 9.97 Å². The van der Waals surface area contributed by atoms with Crippen molar-refractivity contribution in [2.75, 3.05) is 18.0 Å². The normalized spacial score (nSPS) is 12.8. The average molecular weight is 445 g/mol. The molecule has 0 radical (unpaired) electrons. The van der Waals surface area contributed by atoms with E-state index in [9.17, 15) is 14.7 Å². The van der Waals surface area contributed by atoms with Crippen molar-refractivity contribution in [1.82, 2.24) is 14.9 Å². The Bertz CT molecular complexity index is 1130. The van der Waals surface area contributed by atoms with E-state index in [0.717, 1.165) is 31.5 Å². The van der Waals surface area contributed by atoms with Gasteiger partial charge in [0.2, 0.25) is 5.95 Å². The van der Waals surface area contributed by atoms with Gasteiger partial charge in [-0.3, -0.25) is 9.59 Å². The zero-order chi connectivity index (χ0) is 23.2. The highest BCUT2D eigenvalue weighted by molar-refractivity contribution is 5.96. The molecule has 0 saturated heterocycles. The van der Waals surface area contributed by atoms with Gasteiger partial charge in [0.25, 0.3) is 5.91 Å². The highest BCUT2D eigenvalue weighted by Gasteiger charge is 2.25. The molecule has 3 aromatic rings. The minimum atomic E-state index is -1.05. The molecule has 1 N–H and O–H groups in total. The highest BCUT2D eigenvalue weighted by Crippen LogP contribution is 2.23. The van der Waals surface area contributed by atoms with Gasteiger partial charge in [0.15, 0.2) is 0 Å². The molecule has 2 heterocycles. The van der Waals surface area contributed by atoms with Crippen LogP contribution in [0.25, 0.3) is 0 Å². The van der Waals surface area contributed by atoms with Gasteiger partial charge in [-0.1, -0.05) is 67.9 Å². The first-order chi connectivity index (χ1) is 16.0. The van der Waals surface area contributed by atoms with E-state index < -0.39 is 5.97 Å². The number of hydrogen-bond donors (Lipinski definition) is 1. The summed E-state index contributed by atoms with van der Waals surface area (Å²) in [6.07, 6.45) is 3.92. The number of aromatic nitrogens is 2. The van der Waals surface area contributed by atoms with E-state index in [-0.39, 0.29) is 19.0 Å². The van der Waals surface area contributed by atoms with Crippen LogP contribution in [0, 0.1) is 0 Å². The van der Waals surface area contributed by atoms with Gasteiger partial charge < -0.3 is 14.9 Å². The number of amides is 1. The summed E-state index contributed by atoms with van der Waals surface area (Å²) >= 11 is 0. The molecular weight excluding hydrogens is 416 g/mol. The summed E-state index contributed by atoms with van der Waals surface area (Å²) in [6, 6.07) is 17.8. The smallest absolute Gasteiger partial charge is 0.323 e. The van der Waals surface area contributed by atoms with Gasteiger partial charge in [0, 0.05) is 25.8 Å². The third kappa shape index (κ3) is 5.37. The second kappa shape index (κ2) is 10.3. The number of benzene rings is 2. The van der Waals surface area contributed by atoms with Crippen molar-refractivity contribution in [3.63, 3.8) is 0 Å². The Labute approximate surface area is 193 Å². The van der Waals surface area contributed by atoms with E-state index in [4.69, 9.17) is 4.98 Å². The van der Waals surface area contributed by atoms with E-state index in [1.54, 1.807) is 6.20 Å². The van der Waals surface area contributed by atoms with Gasteiger partial charge in [-0.15, -0.1) is 0 Å². The lowest BCUT2D eigenvalue weighted by molar-refractivity contribution is -0.137. The minimum Gasteiger partial charge on any atom is -0.480 e. The number of carbonyl (C=O) groups excluding carboxylic acids is 1. The van der Waals surface area contributed by atoms with Crippen LogP contribution in [0.1, 0.15) is 46.1 Å². The molecule has 0 bridgehead atoms. The van der Waals surface area contributed by atoms with Crippen LogP contribution in [0.4, 0.5) is 5.95 Å². The fourth-order valence-corrected chi connectivity index (χ4v) is 4.17. The summed E-state index contributed by atoms with van der Waals surface area (Å²) in [5.41, 5.74) is 4.51. The number of fused-ring (bicyclic) bond motifs is 1. The number of rotatable bonds is 8. The van der Waals surface area contributed by atoms with Crippen molar-refractivity contribution in [1.29, 1.82) is 0 Å². The molecule has 2 aromatic carbocycles. The number of hydrogen-bond acceptors (Lipinski definition) is 5. The molecule has 0 unspecified atom stereocenters. The molecule has 0 saturated carbocycles. The van der Waals surface area contributed by atoms with Gasteiger partial charge in [0.1, 0.15) is 6.54 Å². The molecule has 1 aliphatic heterocycles. The zero-order valence-electron chi connectivity index (χ0n) is 18.8. The Hall–Kier alpha value is -3.74. The highest BCUT2D eigenvalue weighted by atomic mass is 16.4. The van der Waals surface area contributed by atoms with E-state index in [2.05, 4.69) is 28.1 Å². The van der Waals surface area contributed by atoms with E-state index in [1.807, 2.05) is 43.3 Å². The number of carbonyl (C=O) groups is 2. The third-order valence-electron chi connectivity index (χ3n) is 5.82. The number of nitrogens with zero attached hydrogens (tertiary/aromatic N) is 4. The van der Waals surface area contributed by atoms with Crippen molar-refractivity contribution in [2.24, 2.45) is 0 Å². The lowest BCUT2D eigenvalue weighted by Crippen LogP contribution is -2.36. The molecule has 0 aliphatic carbocycles. The maximum Gasteiger partial charge on any atom is 0.323 e. The maximum absolute atomic E-state index is 13.4. The predicted octanol–water partition coefficient (Wildman–Crippen LogP) is 3.72. The standard InChI is InChI=1S/C26H28N4O3/c1-2-8-23-22(25(33)30(18-24(31)32)16-19-9-4-3-5-10-19)15-27-26(28-23)29-14-13-20-11-6-7-12-21(20)17-29/h3-7,9-12,15H,2,8,13-14,16-18H2,1H3,(H,31,32). The van der Waals surface area contributed by atoms with Crippen molar-refractivity contribution in [3.05, 3.63) is 88.7 Å². The number of aliphatic carboxylic acids is 1. The molecule has 1 amide bonds. The molecular formula is C26H28N4O3. The average Bonchev–Trinajstić information content (AvgIpc) is 2.83. The summed E-state index contributed by atoms with van der Waals surface area (Å²) in [5, 5.41) is 9.39. The summed E-state index contributed by atoms with van der Waals surface area (Å²) < 4.78 is 0. The molecule has 4 rings (SSSR count). The fraction of sp³-hybridized carbons (Fsp3) is 0.308. The topological polar surface area (TPSA) is 86.6 Å². The summed E-state index contributed by atoms with van der Waals surface area (Å²) in [6.45, 7) is 3.40. The second-order valence-electron chi connectivity index (χ2n) is 8.26. The van der Waals surface area contributed by atoms with E-state index >= 15 is 0 Å². The quantitative estimate of drug-likeness (QED) is 0.570. The molecule has 1 aliphatic rings. The van der Waals surface area contributed by atoms with Gasteiger partial charge in [-0.2, -0.15) is 0 Å². The summed E-state index contributed by atoms with van der Waals surface area (Å²) in [4.78, 5) is 37.6. The SMILES string of the molecule is CCCc1nc(N2CCc3ccccc3C2)ncc1C(=O)N(CC(=O)O)Cc1ccccc1. The van der Waals surface area contributed by atoms with Crippen molar-refractivity contribution >= 4 is 17.8 Å². The Morgan fingerprint density at radius 1 is 1.06 bits per heavy atom. The number of carboxylic acid groups (broad SMARTS) is 1. The van der Waals surface area contributed by atoms with Gasteiger partial charge >= 0.3 is 5.97 Å². The van der Waals surface area contributed by atoms with Crippen LogP contribution in [0.2, 0.25) is 0 Å². The Balaban J connectivity index is 1.60. The first-order valence-electron chi connectivity index (χ1n) is 11.3. The molecule has 1 aromatic heterocycles. The first kappa shape index (κ1) is 22.5. The van der Waals surface area contributed by atoms with Crippen LogP contribution in [-0.4, -0.2) is 44.9 Å². The van der Waals surface area contributed by atoms with Gasteiger partial charge in [-0.05, 0) is 29.5 Å². The molecule has 7 nitrogen and oxygen atoms in total. The van der Waals surface area contributed by atoms with Crippen LogP contribution >= 0.6 is 0 Å². The van der Waals surface area contributed by atoms with Crippen LogP contribution in [0.5, 0.6) is 0 Å². The minimum absolute atomic E-state index is 0.211. The zero-order valence-corrected chi connectivity index (χ0v) is 18.8. The lowest BCUT2D eigenvalue weighted by Gasteiger charge is -2.29. The Morgan fingerprint density at radius 3 is 2.52 bits per heavy atom. The fourth-order valence-electron chi connectivity index (χ4n) is 4.17. The van der Waals surface area contributed by atoms with Crippen molar-refractivity contribution in [2.45, 2.75) is 39.3 Å². The Morgan fingerprint density at radius 2 is 1.79 bits per heavy atom. The molecule has 33 heavy (non-hydrogen) atoms. The molecule has 0 atom stereocenters. The van der Waals surface area contributed by atoms with Crippen molar-refractivity contribution < 1.29 is 14.7 Å². The van der Waals surface area contributed by atoms with Crippen molar-refractivity contribution in [3.8, 4) is 0 Å². The monoisotopic (exact) mass is 444 g/mol. The van der Waals surface area contributed by atoms with Crippen LogP contribution in [0.15, 0.2) is 60.8 Å². The predicted molar refractivity (Wildman–Crippen MR) is 126 cm³/mol. The second-order valence-corrected chi connectivity index (χ2v) is 8.26. The molecule has 170 valence electrons. The lowest BCUT2D eigenvalue weighted by atomic mass is 10.0. The molecule has 0 fully saturated rings. The Kier molecular flexibility index (Phi) is 6.98. The van der Waals surface area contributed by atoms with Crippen LogP contribution < -0.4 is 4.90 Å². The van der Waals surface area contributed by atoms with Gasteiger partial charge in [0.05, 0.1) is 11.3 Å². The number of carboxylic acids is 1. The van der Waals surface area contributed by atoms with E-state index in [1.165, 1.54) is 16.0 Å². The maximum atomic E-state index is 13.4. The summed E-state index contributed by atoms with van der Waals surface area (Å²) in [5.74, 6) is -0.807. The van der Waals surface area contributed by atoms with E-state index in [0.29, 0.717) is 23.6 Å². The van der Waals surface area contributed by atoms with Crippen LogP contribution in [0.3, 0.4) is 0 Å². The summed E-state index contributed by atoms with van der Waals surface area (Å²) in [7, 11) is 0. The van der Waals surface area contributed by atoms with Crippen LogP contribution in [-0.2, 0) is 30.7 Å². The largest absolute Gasteiger partial charge is 0.480 e. The third-order valence-corrected chi connectivity index (χ3v) is 5.82. The first-order valence-corrected chi connectivity index (χ1v) is 11.3. The number of aryl methyl sites for hydroxylation is 1. The molecule has 7 heteroatoms. The molecule has 0 spiro atoms.